The number of aromatic nitrogens is 2. The van der Waals surface area contributed by atoms with E-state index in [1.54, 1.807) is 35.7 Å². The maximum Gasteiger partial charge on any atom is 0.359 e. The summed E-state index contributed by atoms with van der Waals surface area (Å²) in [5, 5.41) is 4.56. The van der Waals surface area contributed by atoms with Crippen LogP contribution in [-0.4, -0.2) is 46.8 Å². The molecule has 7 nitrogen and oxygen atoms in total. The summed E-state index contributed by atoms with van der Waals surface area (Å²) < 4.78 is 12.4. The maximum atomic E-state index is 13.2. The summed E-state index contributed by atoms with van der Waals surface area (Å²) in [6.07, 6.45) is 0.581. The van der Waals surface area contributed by atoms with Crippen molar-refractivity contribution in [3.05, 3.63) is 77.1 Å². The Morgan fingerprint density at radius 1 is 1.07 bits per heavy atom. The van der Waals surface area contributed by atoms with Crippen molar-refractivity contribution >= 4 is 11.9 Å². The van der Waals surface area contributed by atoms with E-state index in [0.29, 0.717) is 24.3 Å². The molecule has 0 N–H and O–H groups in total. The molecule has 7 heteroatoms. The Hall–Kier alpha value is -3.61. The van der Waals surface area contributed by atoms with Crippen molar-refractivity contribution in [1.29, 1.82) is 0 Å². The number of hydrogen-bond acceptors (Lipinski definition) is 5. The quantitative estimate of drug-likeness (QED) is 0.609. The van der Waals surface area contributed by atoms with E-state index in [2.05, 4.69) is 5.10 Å². The minimum absolute atomic E-state index is 0.139. The van der Waals surface area contributed by atoms with Gasteiger partial charge in [0.1, 0.15) is 5.75 Å². The summed E-state index contributed by atoms with van der Waals surface area (Å²) >= 11 is 0. The first kappa shape index (κ1) is 19.7. The van der Waals surface area contributed by atoms with Crippen molar-refractivity contribution in [1.82, 2.24) is 14.7 Å². The van der Waals surface area contributed by atoms with Crippen molar-refractivity contribution in [3.63, 3.8) is 0 Å². The van der Waals surface area contributed by atoms with Gasteiger partial charge in [0, 0.05) is 18.5 Å². The van der Waals surface area contributed by atoms with Crippen molar-refractivity contribution in [2.45, 2.75) is 19.9 Å². The van der Waals surface area contributed by atoms with Crippen molar-refractivity contribution in [2.75, 3.05) is 20.3 Å². The van der Waals surface area contributed by atoms with Crippen LogP contribution in [0, 0.1) is 0 Å². The average Bonchev–Trinajstić information content (AvgIpc) is 3.18. The van der Waals surface area contributed by atoms with Gasteiger partial charge in [-0.2, -0.15) is 5.10 Å². The lowest BCUT2D eigenvalue weighted by atomic mass is 10.0. The van der Waals surface area contributed by atoms with Crippen LogP contribution in [0.5, 0.6) is 5.75 Å². The molecule has 1 aliphatic heterocycles. The monoisotopic (exact) mass is 405 g/mol. The van der Waals surface area contributed by atoms with Gasteiger partial charge < -0.3 is 14.4 Å². The van der Waals surface area contributed by atoms with Gasteiger partial charge in [-0.15, -0.1) is 0 Å². The molecule has 4 rings (SSSR count). The Bertz CT molecular complexity index is 1080. The van der Waals surface area contributed by atoms with E-state index in [1.165, 1.54) is 0 Å². The van der Waals surface area contributed by atoms with Crippen LogP contribution in [0.15, 0.2) is 54.6 Å². The Kier molecular flexibility index (Phi) is 5.52. The molecule has 0 saturated carbocycles. The fraction of sp³-hybridized carbons (Fsp3) is 0.261. The normalized spacial score (nSPS) is 12.9. The third kappa shape index (κ3) is 3.54. The number of carbonyl (C=O) groups excluding carboxylic acids is 2. The molecule has 0 fully saturated rings. The third-order valence-corrected chi connectivity index (χ3v) is 5.15. The van der Waals surface area contributed by atoms with Gasteiger partial charge in [-0.1, -0.05) is 30.3 Å². The second-order valence-electron chi connectivity index (χ2n) is 6.92. The minimum Gasteiger partial charge on any atom is -0.496 e. The number of esters is 1. The highest BCUT2D eigenvalue weighted by molar-refractivity contribution is 5.97. The molecule has 0 aliphatic carbocycles. The predicted molar refractivity (Wildman–Crippen MR) is 111 cm³/mol. The number of ether oxygens (including phenoxy) is 2. The van der Waals surface area contributed by atoms with E-state index >= 15 is 0 Å². The third-order valence-electron chi connectivity index (χ3n) is 5.15. The number of para-hydroxylation sites is 2. The largest absolute Gasteiger partial charge is 0.496 e. The molecular weight excluding hydrogens is 382 g/mol. The lowest BCUT2D eigenvalue weighted by molar-refractivity contribution is 0.0513. The van der Waals surface area contributed by atoms with Gasteiger partial charge in [-0.05, 0) is 31.2 Å². The topological polar surface area (TPSA) is 73.7 Å². The van der Waals surface area contributed by atoms with Crippen molar-refractivity contribution in [2.24, 2.45) is 0 Å². The smallest absolute Gasteiger partial charge is 0.359 e. The molecule has 1 amide bonds. The molecule has 0 atom stereocenters. The van der Waals surface area contributed by atoms with E-state index < -0.39 is 5.97 Å². The average molecular weight is 405 g/mol. The van der Waals surface area contributed by atoms with Gasteiger partial charge in [0.05, 0.1) is 37.2 Å². The van der Waals surface area contributed by atoms with Gasteiger partial charge in [-0.3, -0.25) is 4.79 Å². The molecule has 0 saturated heterocycles. The minimum atomic E-state index is -0.477. The summed E-state index contributed by atoms with van der Waals surface area (Å²) in [5.74, 6) is -0.0886. The number of carbonyl (C=O) groups is 2. The lowest BCUT2D eigenvalue weighted by Crippen LogP contribution is -2.37. The summed E-state index contributed by atoms with van der Waals surface area (Å²) in [5.41, 5.74) is 3.28. The van der Waals surface area contributed by atoms with Gasteiger partial charge in [0.15, 0.2) is 5.69 Å². The van der Waals surface area contributed by atoms with Crippen LogP contribution >= 0.6 is 0 Å². The molecule has 30 heavy (non-hydrogen) atoms. The van der Waals surface area contributed by atoms with Gasteiger partial charge >= 0.3 is 5.97 Å². The number of hydrogen-bond donors (Lipinski definition) is 0. The Morgan fingerprint density at radius 2 is 1.80 bits per heavy atom. The zero-order valence-electron chi connectivity index (χ0n) is 17.0. The Labute approximate surface area is 174 Å². The number of benzene rings is 2. The number of nitrogens with zero attached hydrogens (tertiary/aromatic N) is 3. The molecule has 3 aromatic rings. The van der Waals surface area contributed by atoms with Gasteiger partial charge in [-0.25, -0.2) is 9.48 Å². The number of rotatable bonds is 5. The standard InChI is InChI=1S/C23H23N3O4/c1-3-30-23(28)21-18-15-25(22(27)17-11-7-8-12-20(17)29-2)14-13-19(18)26(24-21)16-9-5-4-6-10-16/h4-12H,3,13-15H2,1-2H3. The molecule has 0 unspecified atom stereocenters. The first-order valence-electron chi connectivity index (χ1n) is 9.89. The Balaban J connectivity index is 1.72. The van der Waals surface area contributed by atoms with Crippen LogP contribution in [0.3, 0.4) is 0 Å². The molecular formula is C23H23N3O4. The van der Waals surface area contributed by atoms with E-state index in [1.807, 2.05) is 42.5 Å². The molecule has 2 heterocycles. The molecule has 154 valence electrons. The number of fused-ring (bicyclic) bond motifs is 1. The van der Waals surface area contributed by atoms with Crippen LogP contribution in [0.2, 0.25) is 0 Å². The Morgan fingerprint density at radius 3 is 2.53 bits per heavy atom. The van der Waals surface area contributed by atoms with Crippen molar-refractivity contribution < 1.29 is 19.1 Å². The summed E-state index contributed by atoms with van der Waals surface area (Å²) in [6, 6.07) is 16.8. The van der Waals surface area contributed by atoms with E-state index in [0.717, 1.165) is 16.9 Å². The van der Waals surface area contributed by atoms with Crippen LogP contribution in [-0.2, 0) is 17.7 Å². The van der Waals surface area contributed by atoms with Crippen LogP contribution < -0.4 is 4.74 Å². The fourth-order valence-corrected chi connectivity index (χ4v) is 3.73. The predicted octanol–water partition coefficient (Wildman–Crippen LogP) is 3.26. The zero-order valence-corrected chi connectivity index (χ0v) is 17.0. The second-order valence-corrected chi connectivity index (χ2v) is 6.92. The summed E-state index contributed by atoms with van der Waals surface area (Å²) in [7, 11) is 1.54. The maximum absolute atomic E-state index is 13.2. The van der Waals surface area contributed by atoms with E-state index in [4.69, 9.17) is 9.47 Å². The molecule has 0 bridgehead atoms. The first-order chi connectivity index (χ1) is 14.6. The van der Waals surface area contributed by atoms with Crippen LogP contribution in [0.1, 0.15) is 39.0 Å². The zero-order chi connectivity index (χ0) is 21.1. The first-order valence-corrected chi connectivity index (χ1v) is 9.89. The number of amides is 1. The molecule has 0 radical (unpaired) electrons. The molecule has 0 spiro atoms. The molecule has 1 aliphatic rings. The second kappa shape index (κ2) is 8.41. The molecule has 1 aromatic heterocycles. The highest BCUT2D eigenvalue weighted by Crippen LogP contribution is 2.28. The van der Waals surface area contributed by atoms with Crippen LogP contribution in [0.4, 0.5) is 0 Å². The van der Waals surface area contributed by atoms with Gasteiger partial charge in [0.25, 0.3) is 5.91 Å². The van der Waals surface area contributed by atoms with Crippen molar-refractivity contribution in [3.8, 4) is 11.4 Å². The van der Waals surface area contributed by atoms with E-state index in [9.17, 15) is 9.59 Å². The van der Waals surface area contributed by atoms with Gasteiger partial charge in [0.2, 0.25) is 0 Å². The summed E-state index contributed by atoms with van der Waals surface area (Å²) in [4.78, 5) is 27.5. The highest BCUT2D eigenvalue weighted by atomic mass is 16.5. The van der Waals surface area contributed by atoms with Crippen LogP contribution in [0.25, 0.3) is 5.69 Å². The number of methoxy groups -OCH3 is 1. The summed E-state index contributed by atoms with van der Waals surface area (Å²) in [6.45, 7) is 2.82. The SMILES string of the molecule is CCOC(=O)c1nn(-c2ccccc2)c2c1CN(C(=O)c1ccccc1OC)CC2. The fourth-order valence-electron chi connectivity index (χ4n) is 3.73. The highest BCUT2D eigenvalue weighted by Gasteiger charge is 2.32. The van der Waals surface area contributed by atoms with E-state index in [-0.39, 0.29) is 24.8 Å². The lowest BCUT2D eigenvalue weighted by Gasteiger charge is -2.28. The molecule has 2 aromatic carbocycles.